The number of aromatic nitrogens is 4. The highest BCUT2D eigenvalue weighted by Gasteiger charge is 2.22. The van der Waals surface area contributed by atoms with Gasteiger partial charge in [0.15, 0.2) is 11.6 Å². The van der Waals surface area contributed by atoms with Gasteiger partial charge in [0.25, 0.3) is 0 Å². The maximum atomic E-state index is 12.7. The molecule has 3 aromatic rings. The van der Waals surface area contributed by atoms with E-state index in [2.05, 4.69) is 20.8 Å². The highest BCUT2D eigenvalue weighted by molar-refractivity contribution is 7.84. The number of halogens is 1. The van der Waals surface area contributed by atoms with Crippen LogP contribution in [0.5, 0.6) is 0 Å². The van der Waals surface area contributed by atoms with Crippen LogP contribution in [0.2, 0.25) is 5.02 Å². The van der Waals surface area contributed by atoms with Gasteiger partial charge < -0.3 is 10.1 Å². The fraction of sp³-hybridized carbons (Fsp3) is 0.286. The van der Waals surface area contributed by atoms with Gasteiger partial charge in [-0.15, -0.1) is 5.10 Å². The van der Waals surface area contributed by atoms with Crippen molar-refractivity contribution in [1.82, 2.24) is 25.5 Å². The van der Waals surface area contributed by atoms with E-state index in [1.54, 1.807) is 31.2 Å². The summed E-state index contributed by atoms with van der Waals surface area (Å²) < 4.78 is 19.1. The number of nitrogens with zero attached hydrogens (tertiary/aromatic N) is 4. The molecule has 1 aromatic heterocycles. The lowest BCUT2D eigenvalue weighted by molar-refractivity contribution is -0.121. The van der Waals surface area contributed by atoms with E-state index < -0.39 is 22.9 Å². The summed E-state index contributed by atoms with van der Waals surface area (Å²) in [5, 5.41) is 14.4. The largest absolute Gasteiger partial charge is 0.445 e. The molecule has 0 aliphatic heterocycles. The molecule has 3 rings (SSSR count). The Morgan fingerprint density at radius 1 is 1.16 bits per heavy atom. The zero-order valence-corrected chi connectivity index (χ0v) is 18.9. The number of ether oxygens (including phenoxy) is 1. The van der Waals surface area contributed by atoms with Crippen molar-refractivity contribution in [2.24, 2.45) is 0 Å². The van der Waals surface area contributed by atoms with Crippen molar-refractivity contribution in [2.45, 2.75) is 43.2 Å². The van der Waals surface area contributed by atoms with E-state index in [1.165, 1.54) is 4.68 Å². The number of alkyl carbamates (subject to hydrolysis) is 1. The van der Waals surface area contributed by atoms with Crippen LogP contribution in [0.15, 0.2) is 59.5 Å². The van der Waals surface area contributed by atoms with Crippen molar-refractivity contribution in [1.29, 1.82) is 0 Å². The first-order chi connectivity index (χ1) is 15.5. The number of tetrazole rings is 1. The van der Waals surface area contributed by atoms with Gasteiger partial charge in [0.1, 0.15) is 13.2 Å². The fourth-order valence-electron chi connectivity index (χ4n) is 2.81. The molecule has 11 heteroatoms. The molecule has 0 aliphatic carbocycles. The summed E-state index contributed by atoms with van der Waals surface area (Å²) in [5.41, 5.74) is 0.842. The van der Waals surface area contributed by atoms with E-state index in [0.29, 0.717) is 22.2 Å². The number of hydrogen-bond donors (Lipinski definition) is 1. The first kappa shape index (κ1) is 23.6. The zero-order chi connectivity index (χ0) is 22.9. The third-order valence-corrected chi connectivity index (χ3v) is 6.12. The van der Waals surface area contributed by atoms with Gasteiger partial charge in [0, 0.05) is 9.92 Å². The minimum atomic E-state index is -1.41. The second-order valence-corrected chi connectivity index (χ2v) is 8.72. The van der Waals surface area contributed by atoms with Crippen LogP contribution >= 0.6 is 11.6 Å². The average molecular weight is 476 g/mol. The number of rotatable bonds is 10. The van der Waals surface area contributed by atoms with E-state index in [-0.39, 0.29) is 24.7 Å². The molecule has 168 valence electrons. The summed E-state index contributed by atoms with van der Waals surface area (Å²) in [6.07, 6.45) is -0.317. The van der Waals surface area contributed by atoms with Gasteiger partial charge in [-0.1, -0.05) is 48.9 Å². The molecule has 1 N–H and O–H groups in total. The zero-order valence-electron chi connectivity index (χ0n) is 17.3. The predicted molar refractivity (Wildman–Crippen MR) is 118 cm³/mol. The maximum absolute atomic E-state index is 12.7. The number of hydrogen-bond acceptors (Lipinski definition) is 7. The van der Waals surface area contributed by atoms with Gasteiger partial charge >= 0.3 is 6.09 Å². The molecule has 0 fully saturated rings. The monoisotopic (exact) mass is 475 g/mol. The topological polar surface area (TPSA) is 116 Å². The molecule has 0 saturated heterocycles. The lowest BCUT2D eigenvalue weighted by Crippen LogP contribution is -2.42. The summed E-state index contributed by atoms with van der Waals surface area (Å²) in [7, 11) is -1.41. The van der Waals surface area contributed by atoms with Crippen LogP contribution in [0.3, 0.4) is 0 Å². The number of Topliss-reactive ketones (excluding diaryl/α,β-unsaturated/α-hetero) is 1. The standard InChI is InChI=1S/C21H22ClN5O4S/c1-2-18(23-21(29)31-13-15-6-4-3-5-7-15)19(28)12-27-20(24-25-26-27)14-32(30)17-10-8-16(22)9-11-17/h3-11,18H,2,12-14H2,1H3,(H,23,29). The molecule has 2 aromatic carbocycles. The summed E-state index contributed by atoms with van der Waals surface area (Å²) in [5.74, 6) is 0.0359. The number of amides is 1. The van der Waals surface area contributed by atoms with Crippen LogP contribution in [0, 0.1) is 0 Å². The van der Waals surface area contributed by atoms with Crippen molar-refractivity contribution in [3.63, 3.8) is 0 Å². The Balaban J connectivity index is 1.56. The Labute approximate surface area is 192 Å². The third-order valence-electron chi connectivity index (χ3n) is 4.55. The highest BCUT2D eigenvalue weighted by Crippen LogP contribution is 2.15. The molecule has 0 aliphatic rings. The summed E-state index contributed by atoms with van der Waals surface area (Å²) in [6, 6.07) is 15.1. The third kappa shape index (κ3) is 6.69. The number of benzene rings is 2. The van der Waals surface area contributed by atoms with Crippen molar-refractivity contribution < 1.29 is 18.5 Å². The molecule has 1 amide bonds. The van der Waals surface area contributed by atoms with Gasteiger partial charge in [-0.2, -0.15) is 0 Å². The van der Waals surface area contributed by atoms with Crippen molar-refractivity contribution in [3.05, 3.63) is 71.0 Å². The predicted octanol–water partition coefficient (Wildman–Crippen LogP) is 2.91. The van der Waals surface area contributed by atoms with Crippen molar-refractivity contribution in [3.8, 4) is 0 Å². The molecular weight excluding hydrogens is 454 g/mol. The molecular formula is C21H22ClN5O4S. The van der Waals surface area contributed by atoms with Crippen LogP contribution < -0.4 is 5.32 Å². The second-order valence-electron chi connectivity index (χ2n) is 6.83. The highest BCUT2D eigenvalue weighted by atomic mass is 35.5. The molecule has 1 heterocycles. The average Bonchev–Trinajstić information content (AvgIpc) is 3.23. The van der Waals surface area contributed by atoms with Crippen LogP contribution in [0.4, 0.5) is 4.79 Å². The number of carbonyl (C=O) groups excluding carboxylic acids is 2. The van der Waals surface area contributed by atoms with Crippen molar-refractivity contribution in [2.75, 3.05) is 0 Å². The molecule has 2 unspecified atom stereocenters. The van der Waals surface area contributed by atoms with Crippen LogP contribution in [0.1, 0.15) is 24.7 Å². The molecule has 2 atom stereocenters. The lowest BCUT2D eigenvalue weighted by Gasteiger charge is -2.16. The van der Waals surface area contributed by atoms with Crippen LogP contribution in [-0.4, -0.2) is 42.3 Å². The first-order valence-corrected chi connectivity index (χ1v) is 11.5. The molecule has 0 saturated carbocycles. The molecule has 9 nitrogen and oxygen atoms in total. The van der Waals surface area contributed by atoms with Gasteiger partial charge in [0.2, 0.25) is 0 Å². The Bertz CT molecular complexity index is 1080. The van der Waals surface area contributed by atoms with Gasteiger partial charge in [-0.3, -0.25) is 9.00 Å². The Morgan fingerprint density at radius 2 is 1.88 bits per heavy atom. The Morgan fingerprint density at radius 3 is 2.56 bits per heavy atom. The fourth-order valence-corrected chi connectivity index (χ4v) is 3.99. The normalized spacial score (nSPS) is 12.7. The second kappa shape index (κ2) is 11.5. The summed E-state index contributed by atoms with van der Waals surface area (Å²) in [6.45, 7) is 1.71. The quantitative estimate of drug-likeness (QED) is 0.479. The van der Waals surface area contributed by atoms with Gasteiger partial charge in [-0.05, 0) is 46.7 Å². The number of nitrogens with one attached hydrogen (secondary N) is 1. The summed E-state index contributed by atoms with van der Waals surface area (Å²) in [4.78, 5) is 25.4. The van der Waals surface area contributed by atoms with Crippen LogP contribution in [-0.2, 0) is 39.2 Å². The van der Waals surface area contributed by atoms with E-state index in [1.807, 2.05) is 30.3 Å². The van der Waals surface area contributed by atoms with E-state index in [9.17, 15) is 13.8 Å². The molecule has 0 bridgehead atoms. The van der Waals surface area contributed by atoms with Crippen LogP contribution in [0.25, 0.3) is 0 Å². The van der Waals surface area contributed by atoms with E-state index >= 15 is 0 Å². The summed E-state index contributed by atoms with van der Waals surface area (Å²) >= 11 is 5.86. The van der Waals surface area contributed by atoms with Gasteiger partial charge in [-0.25, -0.2) is 9.48 Å². The SMILES string of the molecule is CCC(NC(=O)OCc1ccccc1)C(=O)Cn1nnnc1CS(=O)c1ccc(Cl)cc1. The Hall–Kier alpha value is -3.11. The van der Waals surface area contributed by atoms with Gasteiger partial charge in [0.05, 0.1) is 22.6 Å². The minimum absolute atomic E-state index is 0.0330. The Kier molecular flexibility index (Phi) is 8.46. The van der Waals surface area contributed by atoms with E-state index in [4.69, 9.17) is 16.3 Å². The molecule has 32 heavy (non-hydrogen) atoms. The number of ketones is 1. The smallest absolute Gasteiger partial charge is 0.408 e. The maximum Gasteiger partial charge on any atom is 0.408 e. The molecule has 0 spiro atoms. The van der Waals surface area contributed by atoms with E-state index in [0.717, 1.165) is 5.56 Å². The number of carbonyl (C=O) groups is 2. The minimum Gasteiger partial charge on any atom is -0.445 e. The first-order valence-electron chi connectivity index (χ1n) is 9.85. The molecule has 0 radical (unpaired) electrons. The van der Waals surface area contributed by atoms with Crippen molar-refractivity contribution >= 4 is 34.3 Å². The lowest BCUT2D eigenvalue weighted by atomic mass is 10.1.